The Morgan fingerprint density at radius 1 is 0.941 bits per heavy atom. The molecule has 17 heavy (non-hydrogen) atoms. The van der Waals surface area contributed by atoms with E-state index in [4.69, 9.17) is 0 Å². The van der Waals surface area contributed by atoms with Crippen LogP contribution in [0.4, 0.5) is 0 Å². The number of rotatable bonds is 0. The van der Waals surface area contributed by atoms with Crippen molar-refractivity contribution >= 4 is 17.0 Å². The van der Waals surface area contributed by atoms with Crippen molar-refractivity contribution in [3.05, 3.63) is 60.7 Å². The van der Waals surface area contributed by atoms with E-state index in [1.54, 1.807) is 0 Å². The van der Waals surface area contributed by atoms with E-state index in [0.717, 1.165) is 11.2 Å². The standard InChI is InChI=1S/C13H10N4/c1-2-6-12-11(5-1)13-7-10-15-8-3-4-9-16(15)17(13)14-12/h1-10H. The molecular weight excluding hydrogens is 212 g/mol. The van der Waals surface area contributed by atoms with Crippen molar-refractivity contribution in [2.24, 2.45) is 0 Å². The number of nitrogens with zero attached hydrogens (tertiary/aromatic N) is 4. The van der Waals surface area contributed by atoms with Gasteiger partial charge in [0.2, 0.25) is 0 Å². The molecule has 4 rings (SSSR count). The first kappa shape index (κ1) is 8.64. The molecule has 1 aromatic carbocycles. The Balaban J connectivity index is 2.01. The lowest BCUT2D eigenvalue weighted by atomic mass is 10.2. The third-order valence-corrected chi connectivity index (χ3v) is 2.98. The molecule has 0 amide bonds. The highest BCUT2D eigenvalue weighted by Gasteiger charge is 2.20. The van der Waals surface area contributed by atoms with Crippen LogP contribution in [0.15, 0.2) is 55.0 Å². The number of benzene rings is 1. The summed E-state index contributed by atoms with van der Waals surface area (Å²) in [4.78, 5) is 1.91. The Bertz CT molecular complexity index is 678. The van der Waals surface area contributed by atoms with Gasteiger partial charge >= 0.3 is 0 Å². The van der Waals surface area contributed by atoms with Crippen LogP contribution in [0.5, 0.6) is 0 Å². The maximum atomic E-state index is 4.60. The first-order chi connectivity index (χ1) is 8.43. The average Bonchev–Trinajstić information content (AvgIpc) is 2.78. The predicted octanol–water partition coefficient (Wildman–Crippen LogP) is 2.22. The van der Waals surface area contributed by atoms with Gasteiger partial charge in [0.05, 0.1) is 11.2 Å². The fourth-order valence-corrected chi connectivity index (χ4v) is 2.19. The summed E-state index contributed by atoms with van der Waals surface area (Å²) < 4.78 is 0. The molecule has 1 aromatic heterocycles. The normalized spacial score (nSPS) is 16.5. The highest BCUT2D eigenvalue weighted by Crippen LogP contribution is 2.24. The first-order valence-corrected chi connectivity index (χ1v) is 5.52. The predicted molar refractivity (Wildman–Crippen MR) is 67.1 cm³/mol. The molecular formula is C13H10N4. The summed E-state index contributed by atoms with van der Waals surface area (Å²) in [6, 6.07) is 8.17. The molecule has 4 nitrogen and oxygen atoms in total. The maximum absolute atomic E-state index is 4.60. The molecule has 0 aliphatic carbocycles. The molecule has 0 spiro atoms. The molecule has 82 valence electrons. The number of allylic oxidation sites excluding steroid dienone is 2. The summed E-state index contributed by atoms with van der Waals surface area (Å²) >= 11 is 0. The Kier molecular flexibility index (Phi) is 1.53. The monoisotopic (exact) mass is 222 g/mol. The molecule has 2 aromatic rings. The zero-order chi connectivity index (χ0) is 11.2. The molecule has 0 unspecified atom stereocenters. The SMILES string of the molecule is C1=CN2C=Cc3c4ccccc4nn3N2C=C1. The van der Waals surface area contributed by atoms with Crippen molar-refractivity contribution in [3.8, 4) is 0 Å². The van der Waals surface area contributed by atoms with Gasteiger partial charge in [-0.25, -0.2) is 5.01 Å². The van der Waals surface area contributed by atoms with Crippen LogP contribution in [0.2, 0.25) is 0 Å². The van der Waals surface area contributed by atoms with Crippen molar-refractivity contribution < 1.29 is 0 Å². The van der Waals surface area contributed by atoms with Gasteiger partial charge in [-0.3, -0.25) is 0 Å². The zero-order valence-electron chi connectivity index (χ0n) is 9.06. The number of aromatic nitrogens is 2. The van der Waals surface area contributed by atoms with Crippen LogP contribution in [0, 0.1) is 0 Å². The van der Waals surface area contributed by atoms with Crippen LogP contribution in [0.3, 0.4) is 0 Å². The largest absolute Gasteiger partial charge is 0.248 e. The Hall–Kier alpha value is -2.49. The van der Waals surface area contributed by atoms with E-state index in [9.17, 15) is 0 Å². The van der Waals surface area contributed by atoms with Gasteiger partial charge in [0.15, 0.2) is 0 Å². The minimum atomic E-state index is 1.01. The van der Waals surface area contributed by atoms with Gasteiger partial charge in [0, 0.05) is 24.0 Å². The molecule has 0 N–H and O–H groups in total. The summed E-state index contributed by atoms with van der Waals surface area (Å²) in [6.07, 6.45) is 12.1. The summed E-state index contributed by atoms with van der Waals surface area (Å²) in [5.41, 5.74) is 2.12. The van der Waals surface area contributed by atoms with Crippen LogP contribution in [-0.4, -0.2) is 14.9 Å². The molecule has 2 aliphatic rings. The van der Waals surface area contributed by atoms with Gasteiger partial charge in [0.25, 0.3) is 0 Å². The minimum absolute atomic E-state index is 1.01. The van der Waals surface area contributed by atoms with Crippen molar-refractivity contribution in [1.29, 1.82) is 0 Å². The fourth-order valence-electron chi connectivity index (χ4n) is 2.19. The lowest BCUT2D eigenvalue weighted by Gasteiger charge is -2.34. The Morgan fingerprint density at radius 2 is 1.82 bits per heavy atom. The fraction of sp³-hybridized carbons (Fsp3) is 0. The van der Waals surface area contributed by atoms with E-state index < -0.39 is 0 Å². The third-order valence-electron chi connectivity index (χ3n) is 2.98. The summed E-state index contributed by atoms with van der Waals surface area (Å²) in [5, 5.41) is 9.73. The summed E-state index contributed by atoms with van der Waals surface area (Å²) in [6.45, 7) is 0. The molecule has 0 saturated heterocycles. The second-order valence-corrected chi connectivity index (χ2v) is 3.99. The average molecular weight is 222 g/mol. The van der Waals surface area contributed by atoms with E-state index in [2.05, 4.69) is 17.2 Å². The second-order valence-electron chi connectivity index (χ2n) is 3.99. The molecule has 0 fully saturated rings. The third kappa shape index (κ3) is 1.09. The Morgan fingerprint density at radius 3 is 2.82 bits per heavy atom. The van der Waals surface area contributed by atoms with Crippen LogP contribution in [0.25, 0.3) is 17.0 Å². The van der Waals surface area contributed by atoms with Crippen molar-refractivity contribution in [2.75, 3.05) is 5.12 Å². The van der Waals surface area contributed by atoms with Gasteiger partial charge in [-0.05, 0) is 24.3 Å². The van der Waals surface area contributed by atoms with E-state index in [1.165, 1.54) is 5.39 Å². The highest BCUT2D eigenvalue weighted by molar-refractivity contribution is 5.87. The molecule has 0 radical (unpaired) electrons. The smallest absolute Gasteiger partial charge is 0.0966 e. The van der Waals surface area contributed by atoms with Crippen molar-refractivity contribution in [1.82, 2.24) is 14.9 Å². The number of hydrogen-bond acceptors (Lipinski definition) is 3. The van der Waals surface area contributed by atoms with Crippen molar-refractivity contribution in [2.45, 2.75) is 0 Å². The highest BCUT2D eigenvalue weighted by atomic mass is 15.9. The molecule has 3 heterocycles. The quantitative estimate of drug-likeness (QED) is 0.683. The molecule has 4 heteroatoms. The van der Waals surface area contributed by atoms with Crippen molar-refractivity contribution in [3.63, 3.8) is 0 Å². The molecule has 2 aliphatic heterocycles. The van der Waals surface area contributed by atoms with E-state index in [1.807, 2.05) is 63.9 Å². The topological polar surface area (TPSA) is 24.3 Å². The Labute approximate surface area is 98.3 Å². The van der Waals surface area contributed by atoms with Gasteiger partial charge in [-0.2, -0.15) is 9.91 Å². The number of hydrogen-bond donors (Lipinski definition) is 0. The van der Waals surface area contributed by atoms with Crippen LogP contribution in [0.1, 0.15) is 5.69 Å². The maximum Gasteiger partial charge on any atom is 0.0966 e. The number of fused-ring (bicyclic) bond motifs is 5. The summed E-state index contributed by atoms with van der Waals surface area (Å²) in [5.74, 6) is 0. The van der Waals surface area contributed by atoms with Gasteiger partial charge in [-0.15, -0.1) is 5.10 Å². The van der Waals surface area contributed by atoms with Crippen LogP contribution in [-0.2, 0) is 0 Å². The van der Waals surface area contributed by atoms with E-state index >= 15 is 0 Å². The van der Waals surface area contributed by atoms with Gasteiger partial charge in [0.1, 0.15) is 0 Å². The van der Waals surface area contributed by atoms with Crippen LogP contribution < -0.4 is 5.12 Å². The second kappa shape index (κ2) is 3.01. The van der Waals surface area contributed by atoms with Gasteiger partial charge < -0.3 is 0 Å². The van der Waals surface area contributed by atoms with E-state index in [-0.39, 0.29) is 0 Å². The van der Waals surface area contributed by atoms with E-state index in [0.29, 0.717) is 0 Å². The molecule has 0 atom stereocenters. The van der Waals surface area contributed by atoms with Gasteiger partial charge in [-0.1, -0.05) is 18.2 Å². The van der Waals surface area contributed by atoms with Crippen LogP contribution >= 0.6 is 0 Å². The lowest BCUT2D eigenvalue weighted by molar-refractivity contribution is 0.363. The lowest BCUT2D eigenvalue weighted by Crippen LogP contribution is -2.43. The molecule has 0 bridgehead atoms. The minimum Gasteiger partial charge on any atom is -0.248 e. The summed E-state index contributed by atoms with van der Waals surface area (Å²) in [7, 11) is 0. The zero-order valence-corrected chi connectivity index (χ0v) is 9.06. The molecule has 0 saturated carbocycles. The first-order valence-electron chi connectivity index (χ1n) is 5.52. The number of hydrazine groups is 1.